The van der Waals surface area contributed by atoms with E-state index in [0.29, 0.717) is 0 Å². The molecule has 0 saturated heterocycles. The number of benzene rings is 3. The van der Waals surface area contributed by atoms with E-state index >= 15 is 0 Å². The van der Waals surface area contributed by atoms with Gasteiger partial charge in [-0.3, -0.25) is 15.0 Å². The lowest BCUT2D eigenvalue weighted by Crippen LogP contribution is -1.94. The predicted molar refractivity (Wildman–Crippen MR) is 154 cm³/mol. The molecular formula is C34H22N4. The van der Waals surface area contributed by atoms with Crippen molar-refractivity contribution in [2.45, 2.75) is 0 Å². The van der Waals surface area contributed by atoms with Crippen molar-refractivity contribution in [1.82, 2.24) is 19.9 Å². The largest absolute Gasteiger partial charge is 0.264 e. The molecule has 0 unspecified atom stereocenters. The highest BCUT2D eigenvalue weighted by atomic mass is 14.7. The minimum absolute atomic E-state index is 0.906. The van der Waals surface area contributed by atoms with Crippen LogP contribution in [0.1, 0.15) is 0 Å². The predicted octanol–water partition coefficient (Wildman–Crippen LogP) is 8.24. The molecule has 0 spiro atoms. The van der Waals surface area contributed by atoms with Gasteiger partial charge in [0.15, 0.2) is 0 Å². The number of aromatic nitrogens is 4. The van der Waals surface area contributed by atoms with E-state index in [2.05, 4.69) is 82.8 Å². The standard InChI is InChI=1S/C34H22N4/c1-3-12-28-26(10-1)33(25-16-17-30(37-22-25)23-8-6-18-35-20-23)27-11-2-4-13-29(27)34(28)32-15-5-14-31(38-32)24-9-7-19-36-21-24/h1-22H. The third-order valence-corrected chi connectivity index (χ3v) is 6.90. The molecule has 0 aliphatic carbocycles. The van der Waals surface area contributed by atoms with Crippen molar-refractivity contribution in [3.05, 3.63) is 134 Å². The summed E-state index contributed by atoms with van der Waals surface area (Å²) in [6.45, 7) is 0. The van der Waals surface area contributed by atoms with Crippen LogP contribution in [0.3, 0.4) is 0 Å². The first kappa shape index (κ1) is 22.0. The maximum absolute atomic E-state index is 5.10. The monoisotopic (exact) mass is 486 g/mol. The summed E-state index contributed by atoms with van der Waals surface area (Å²) in [6, 6.07) is 35.5. The van der Waals surface area contributed by atoms with Crippen LogP contribution in [0, 0.1) is 0 Å². The second-order valence-corrected chi connectivity index (χ2v) is 9.16. The molecule has 178 valence electrons. The quantitative estimate of drug-likeness (QED) is 0.235. The van der Waals surface area contributed by atoms with Crippen LogP contribution in [-0.2, 0) is 0 Å². The van der Waals surface area contributed by atoms with E-state index in [1.165, 1.54) is 16.3 Å². The van der Waals surface area contributed by atoms with Gasteiger partial charge < -0.3 is 0 Å². The normalized spacial score (nSPS) is 11.2. The van der Waals surface area contributed by atoms with Crippen LogP contribution < -0.4 is 0 Å². The maximum atomic E-state index is 5.10. The minimum Gasteiger partial charge on any atom is -0.264 e. The zero-order valence-electron chi connectivity index (χ0n) is 20.5. The maximum Gasteiger partial charge on any atom is 0.0725 e. The fourth-order valence-electron chi connectivity index (χ4n) is 5.19. The summed E-state index contributed by atoms with van der Waals surface area (Å²) < 4.78 is 0. The molecule has 4 aromatic heterocycles. The zero-order chi connectivity index (χ0) is 25.3. The number of nitrogens with zero attached hydrogens (tertiary/aromatic N) is 4. The minimum atomic E-state index is 0.906. The van der Waals surface area contributed by atoms with E-state index in [9.17, 15) is 0 Å². The number of hydrogen-bond donors (Lipinski definition) is 0. The van der Waals surface area contributed by atoms with E-state index in [1.807, 2.05) is 48.9 Å². The first-order valence-corrected chi connectivity index (χ1v) is 12.5. The summed E-state index contributed by atoms with van der Waals surface area (Å²) in [5.74, 6) is 0. The molecule has 0 bridgehead atoms. The highest BCUT2D eigenvalue weighted by molar-refractivity contribution is 6.21. The lowest BCUT2D eigenvalue weighted by Gasteiger charge is -2.17. The van der Waals surface area contributed by atoms with Gasteiger partial charge in [0.1, 0.15) is 0 Å². The zero-order valence-corrected chi connectivity index (χ0v) is 20.5. The summed E-state index contributed by atoms with van der Waals surface area (Å²) in [6.07, 6.45) is 9.23. The van der Waals surface area contributed by atoms with Crippen molar-refractivity contribution >= 4 is 21.5 Å². The summed E-state index contributed by atoms with van der Waals surface area (Å²) in [5.41, 5.74) is 8.14. The van der Waals surface area contributed by atoms with Crippen LogP contribution in [-0.4, -0.2) is 19.9 Å². The topological polar surface area (TPSA) is 51.6 Å². The molecule has 4 nitrogen and oxygen atoms in total. The molecule has 0 saturated carbocycles. The summed E-state index contributed by atoms with van der Waals surface area (Å²) >= 11 is 0. The summed E-state index contributed by atoms with van der Waals surface area (Å²) in [7, 11) is 0. The van der Waals surface area contributed by atoms with Gasteiger partial charge in [-0.1, -0.05) is 60.7 Å². The number of hydrogen-bond acceptors (Lipinski definition) is 4. The molecular weight excluding hydrogens is 464 g/mol. The Morgan fingerprint density at radius 3 is 1.50 bits per heavy atom. The Morgan fingerprint density at radius 2 is 0.947 bits per heavy atom. The fraction of sp³-hybridized carbons (Fsp3) is 0. The Hall–Kier alpha value is -5.22. The van der Waals surface area contributed by atoms with Gasteiger partial charge in [-0.15, -0.1) is 0 Å². The average Bonchev–Trinajstić information content (AvgIpc) is 3.01. The highest BCUT2D eigenvalue weighted by Gasteiger charge is 2.18. The molecule has 0 aliphatic heterocycles. The van der Waals surface area contributed by atoms with Crippen LogP contribution >= 0.6 is 0 Å². The molecule has 3 aromatic carbocycles. The molecule has 0 fully saturated rings. The van der Waals surface area contributed by atoms with Gasteiger partial charge in [0, 0.05) is 53.2 Å². The molecule has 7 aromatic rings. The van der Waals surface area contributed by atoms with Crippen LogP contribution in [0.4, 0.5) is 0 Å². The third-order valence-electron chi connectivity index (χ3n) is 6.90. The van der Waals surface area contributed by atoms with Crippen LogP contribution in [0.15, 0.2) is 134 Å². The van der Waals surface area contributed by atoms with Crippen molar-refractivity contribution in [2.75, 3.05) is 0 Å². The van der Waals surface area contributed by atoms with Crippen LogP contribution in [0.5, 0.6) is 0 Å². The third kappa shape index (κ3) is 3.80. The number of rotatable bonds is 4. The van der Waals surface area contributed by atoms with Gasteiger partial charge in [0.2, 0.25) is 0 Å². The SMILES string of the molecule is c1cncc(-c2ccc(-c3c4ccccc4c(-c4cccc(-c5cccnc5)n4)c4ccccc34)cn2)c1. The Balaban J connectivity index is 1.47. The molecule has 0 atom stereocenters. The molecule has 4 heterocycles. The van der Waals surface area contributed by atoms with Crippen molar-refractivity contribution in [2.24, 2.45) is 0 Å². The Kier molecular flexibility index (Phi) is 5.41. The second kappa shape index (κ2) is 9.34. The molecule has 0 aliphatic rings. The van der Waals surface area contributed by atoms with Gasteiger partial charge >= 0.3 is 0 Å². The lowest BCUT2D eigenvalue weighted by atomic mass is 9.87. The van der Waals surface area contributed by atoms with E-state index in [-0.39, 0.29) is 0 Å². The summed E-state index contributed by atoms with van der Waals surface area (Å²) in [4.78, 5) is 18.4. The Morgan fingerprint density at radius 1 is 0.368 bits per heavy atom. The van der Waals surface area contributed by atoms with Crippen molar-refractivity contribution in [3.63, 3.8) is 0 Å². The smallest absolute Gasteiger partial charge is 0.0725 e. The van der Waals surface area contributed by atoms with E-state index in [4.69, 9.17) is 9.97 Å². The van der Waals surface area contributed by atoms with Gasteiger partial charge in [0.25, 0.3) is 0 Å². The van der Waals surface area contributed by atoms with E-state index in [0.717, 1.165) is 50.1 Å². The highest BCUT2D eigenvalue weighted by Crippen LogP contribution is 2.43. The van der Waals surface area contributed by atoms with E-state index in [1.54, 1.807) is 12.4 Å². The second-order valence-electron chi connectivity index (χ2n) is 9.16. The van der Waals surface area contributed by atoms with Crippen molar-refractivity contribution in [1.29, 1.82) is 0 Å². The van der Waals surface area contributed by atoms with Crippen LogP contribution in [0.25, 0.3) is 66.4 Å². The van der Waals surface area contributed by atoms with Crippen LogP contribution in [0.2, 0.25) is 0 Å². The van der Waals surface area contributed by atoms with Crippen molar-refractivity contribution in [3.8, 4) is 44.9 Å². The number of fused-ring (bicyclic) bond motifs is 2. The molecule has 0 N–H and O–H groups in total. The van der Waals surface area contributed by atoms with Gasteiger partial charge in [-0.2, -0.15) is 0 Å². The molecule has 4 heteroatoms. The van der Waals surface area contributed by atoms with Gasteiger partial charge in [-0.05, 0) is 69.6 Å². The molecule has 38 heavy (non-hydrogen) atoms. The van der Waals surface area contributed by atoms with Gasteiger partial charge in [-0.25, -0.2) is 4.98 Å². The molecule has 7 rings (SSSR count). The van der Waals surface area contributed by atoms with E-state index < -0.39 is 0 Å². The fourth-order valence-corrected chi connectivity index (χ4v) is 5.19. The lowest BCUT2D eigenvalue weighted by molar-refractivity contribution is 1.28. The first-order chi connectivity index (χ1) is 18.9. The molecule has 0 radical (unpaired) electrons. The van der Waals surface area contributed by atoms with Crippen molar-refractivity contribution < 1.29 is 0 Å². The molecule has 0 amide bonds. The number of pyridine rings is 4. The summed E-state index contributed by atoms with van der Waals surface area (Å²) in [5, 5.41) is 4.66. The first-order valence-electron chi connectivity index (χ1n) is 12.5. The van der Waals surface area contributed by atoms with Gasteiger partial charge in [0.05, 0.1) is 17.1 Å². The average molecular weight is 487 g/mol. The Labute approximate surface area is 220 Å². The Bertz CT molecular complexity index is 1840.